The van der Waals surface area contributed by atoms with E-state index in [0.29, 0.717) is 10.2 Å². The van der Waals surface area contributed by atoms with Crippen LogP contribution in [-0.2, 0) is 0 Å². The summed E-state index contributed by atoms with van der Waals surface area (Å²) in [6.07, 6.45) is 0. The van der Waals surface area contributed by atoms with Gasteiger partial charge in [0.05, 0.1) is 10.0 Å². The van der Waals surface area contributed by atoms with E-state index in [1.54, 1.807) is 0 Å². The van der Waals surface area contributed by atoms with Crippen LogP contribution in [0.3, 0.4) is 0 Å². The van der Waals surface area contributed by atoms with Gasteiger partial charge in [-0.1, -0.05) is 0 Å². The predicted molar refractivity (Wildman–Crippen MR) is 65.0 cm³/mol. The smallest absolute Gasteiger partial charge is 0.338 e. The standard InChI is InChI=1S/C10H12BrFO3Si/c1-16(2,3)15-9-5-8(12)6(10(13)14)4-7(9)11/h4-5H,1-3H3,(H,13,14). The zero-order chi connectivity index (χ0) is 12.5. The second-order valence-electron chi connectivity index (χ2n) is 4.28. The molecule has 1 aromatic rings. The summed E-state index contributed by atoms with van der Waals surface area (Å²) in [5, 5.41) is 8.72. The quantitative estimate of drug-likeness (QED) is 0.869. The summed E-state index contributed by atoms with van der Waals surface area (Å²) in [5.41, 5.74) is -0.366. The summed E-state index contributed by atoms with van der Waals surface area (Å²) >= 11 is 3.17. The first-order valence-corrected chi connectivity index (χ1v) is 8.82. The predicted octanol–water partition coefficient (Wildman–Crippen LogP) is 3.50. The maximum atomic E-state index is 13.4. The number of hydrogen-bond acceptors (Lipinski definition) is 2. The van der Waals surface area contributed by atoms with Crippen LogP contribution in [0.4, 0.5) is 4.39 Å². The first-order chi connectivity index (χ1) is 7.20. The number of carbonyl (C=O) groups is 1. The van der Waals surface area contributed by atoms with Crippen molar-refractivity contribution in [3.8, 4) is 5.75 Å². The normalized spacial score (nSPS) is 11.3. The molecule has 16 heavy (non-hydrogen) atoms. The Morgan fingerprint density at radius 1 is 1.44 bits per heavy atom. The number of aromatic carboxylic acids is 1. The topological polar surface area (TPSA) is 46.5 Å². The van der Waals surface area contributed by atoms with Crippen molar-refractivity contribution in [2.75, 3.05) is 0 Å². The van der Waals surface area contributed by atoms with Crippen LogP contribution in [0, 0.1) is 5.82 Å². The second-order valence-corrected chi connectivity index (χ2v) is 9.57. The van der Waals surface area contributed by atoms with Gasteiger partial charge in [0.15, 0.2) is 0 Å². The lowest BCUT2D eigenvalue weighted by Crippen LogP contribution is -2.29. The molecule has 0 amide bonds. The number of carboxylic acids is 1. The van der Waals surface area contributed by atoms with Crippen LogP contribution in [0.1, 0.15) is 10.4 Å². The van der Waals surface area contributed by atoms with Crippen LogP contribution in [0.5, 0.6) is 5.75 Å². The SMILES string of the molecule is C[Si](C)(C)Oc1cc(F)c(C(=O)O)cc1Br. The molecule has 0 aromatic heterocycles. The van der Waals surface area contributed by atoms with E-state index in [1.165, 1.54) is 6.07 Å². The average Bonchev–Trinajstić information content (AvgIpc) is 2.07. The van der Waals surface area contributed by atoms with E-state index in [2.05, 4.69) is 15.9 Å². The number of carboxylic acid groups (broad SMARTS) is 1. The largest absolute Gasteiger partial charge is 0.543 e. The van der Waals surface area contributed by atoms with Gasteiger partial charge in [-0.2, -0.15) is 0 Å². The first-order valence-electron chi connectivity index (χ1n) is 4.62. The molecule has 0 unspecified atom stereocenters. The molecule has 6 heteroatoms. The Hall–Kier alpha value is -0.883. The van der Waals surface area contributed by atoms with Gasteiger partial charge in [-0.05, 0) is 41.6 Å². The van der Waals surface area contributed by atoms with Gasteiger partial charge in [-0.25, -0.2) is 9.18 Å². The maximum Gasteiger partial charge on any atom is 0.338 e. The van der Waals surface area contributed by atoms with E-state index >= 15 is 0 Å². The van der Waals surface area contributed by atoms with Crippen molar-refractivity contribution in [2.45, 2.75) is 19.6 Å². The fourth-order valence-electron chi connectivity index (χ4n) is 1.10. The number of rotatable bonds is 3. The minimum Gasteiger partial charge on any atom is -0.543 e. The summed E-state index contributed by atoms with van der Waals surface area (Å²) < 4.78 is 19.4. The molecule has 0 saturated carbocycles. The molecule has 0 atom stereocenters. The van der Waals surface area contributed by atoms with Gasteiger partial charge in [-0.3, -0.25) is 0 Å². The van der Waals surface area contributed by atoms with Gasteiger partial charge >= 0.3 is 5.97 Å². The van der Waals surface area contributed by atoms with Gasteiger partial charge in [0.1, 0.15) is 11.6 Å². The minimum absolute atomic E-state index is 0.349. The first kappa shape index (κ1) is 13.2. The van der Waals surface area contributed by atoms with Crippen LogP contribution in [0.15, 0.2) is 16.6 Å². The lowest BCUT2D eigenvalue weighted by atomic mass is 10.2. The van der Waals surface area contributed by atoms with Crippen molar-refractivity contribution in [3.63, 3.8) is 0 Å². The summed E-state index contributed by atoms with van der Waals surface area (Å²) in [7, 11) is -1.84. The highest BCUT2D eigenvalue weighted by Gasteiger charge is 2.20. The van der Waals surface area contributed by atoms with Gasteiger partial charge < -0.3 is 9.53 Å². The van der Waals surface area contributed by atoms with E-state index in [9.17, 15) is 9.18 Å². The lowest BCUT2D eigenvalue weighted by Gasteiger charge is -2.20. The summed E-state index contributed by atoms with van der Waals surface area (Å²) in [6, 6.07) is 2.32. The molecule has 0 spiro atoms. The van der Waals surface area contributed by atoms with Crippen LogP contribution in [0.25, 0.3) is 0 Å². The molecule has 0 fully saturated rings. The second kappa shape index (κ2) is 4.55. The lowest BCUT2D eigenvalue weighted by molar-refractivity contribution is 0.0692. The van der Waals surface area contributed by atoms with Crippen molar-refractivity contribution in [2.24, 2.45) is 0 Å². The number of hydrogen-bond donors (Lipinski definition) is 1. The Morgan fingerprint density at radius 3 is 2.44 bits per heavy atom. The minimum atomic E-state index is -1.84. The van der Waals surface area contributed by atoms with Crippen molar-refractivity contribution >= 4 is 30.2 Å². The highest BCUT2D eigenvalue weighted by Crippen LogP contribution is 2.30. The summed E-state index contributed by atoms with van der Waals surface area (Å²) in [5.74, 6) is -1.73. The van der Waals surface area contributed by atoms with Gasteiger partial charge in [0.2, 0.25) is 8.32 Å². The Balaban J connectivity index is 3.16. The molecule has 0 aliphatic rings. The van der Waals surface area contributed by atoms with Crippen LogP contribution < -0.4 is 4.43 Å². The van der Waals surface area contributed by atoms with E-state index in [0.717, 1.165) is 6.07 Å². The molecule has 88 valence electrons. The molecule has 1 N–H and O–H groups in total. The van der Waals surface area contributed by atoms with Crippen molar-refractivity contribution in [3.05, 3.63) is 28.0 Å². The fraction of sp³-hybridized carbons (Fsp3) is 0.300. The van der Waals surface area contributed by atoms with E-state index < -0.39 is 20.1 Å². The molecule has 0 saturated heterocycles. The van der Waals surface area contributed by atoms with E-state index in [4.69, 9.17) is 9.53 Å². The molecule has 0 bridgehead atoms. The molecular weight excluding hydrogens is 295 g/mol. The van der Waals surface area contributed by atoms with E-state index in [1.807, 2.05) is 19.6 Å². The zero-order valence-electron chi connectivity index (χ0n) is 9.17. The highest BCUT2D eigenvalue weighted by molar-refractivity contribution is 9.10. The molecule has 3 nitrogen and oxygen atoms in total. The molecule has 0 aliphatic carbocycles. The molecule has 0 radical (unpaired) electrons. The third-order valence-electron chi connectivity index (χ3n) is 1.67. The molecule has 1 rings (SSSR count). The van der Waals surface area contributed by atoms with E-state index in [-0.39, 0.29) is 5.56 Å². The Bertz CT molecular complexity index is 429. The summed E-state index contributed by atoms with van der Waals surface area (Å²) in [6.45, 7) is 5.88. The average molecular weight is 307 g/mol. The van der Waals surface area contributed by atoms with Crippen molar-refractivity contribution in [1.82, 2.24) is 0 Å². The molecule has 0 heterocycles. The molecular formula is C10H12BrFO3Si. The summed E-state index contributed by atoms with van der Waals surface area (Å²) in [4.78, 5) is 10.7. The number of benzene rings is 1. The molecule has 1 aromatic carbocycles. The van der Waals surface area contributed by atoms with Gasteiger partial charge in [-0.15, -0.1) is 0 Å². The van der Waals surface area contributed by atoms with Crippen molar-refractivity contribution < 1.29 is 18.7 Å². The maximum absolute atomic E-state index is 13.4. The zero-order valence-corrected chi connectivity index (χ0v) is 11.8. The van der Waals surface area contributed by atoms with Crippen molar-refractivity contribution in [1.29, 1.82) is 0 Å². The Morgan fingerprint density at radius 2 is 2.00 bits per heavy atom. The number of halogens is 2. The fourth-order valence-corrected chi connectivity index (χ4v) is 2.50. The third-order valence-corrected chi connectivity index (χ3v) is 3.12. The van der Waals surface area contributed by atoms with Crippen LogP contribution >= 0.6 is 15.9 Å². The Labute approximate surface area is 102 Å². The van der Waals surface area contributed by atoms with Crippen LogP contribution in [0.2, 0.25) is 19.6 Å². The monoisotopic (exact) mass is 306 g/mol. The van der Waals surface area contributed by atoms with Crippen LogP contribution in [-0.4, -0.2) is 19.4 Å². The Kier molecular flexibility index (Phi) is 3.74. The molecule has 0 aliphatic heterocycles. The van der Waals surface area contributed by atoms with Gasteiger partial charge in [0.25, 0.3) is 0 Å². The third kappa shape index (κ3) is 3.31. The highest BCUT2D eigenvalue weighted by atomic mass is 79.9. The van der Waals surface area contributed by atoms with Gasteiger partial charge in [0, 0.05) is 6.07 Å².